The van der Waals surface area contributed by atoms with Gasteiger partial charge in [0.2, 0.25) is 5.95 Å². The Labute approximate surface area is 314 Å². The molecule has 4 aliphatic heterocycles. The molecule has 2 fully saturated rings. The van der Waals surface area contributed by atoms with E-state index in [1.807, 2.05) is 47.5 Å². The van der Waals surface area contributed by atoms with E-state index in [4.69, 9.17) is 14.7 Å². The molecule has 4 aromatic rings. The Morgan fingerprint density at radius 1 is 0.907 bits per heavy atom. The van der Waals surface area contributed by atoms with Gasteiger partial charge in [0.05, 0.1) is 18.5 Å². The minimum absolute atomic E-state index is 0.242. The lowest BCUT2D eigenvalue weighted by Gasteiger charge is -2.42. The number of benzene rings is 3. The second kappa shape index (κ2) is 15.4. The Morgan fingerprint density at radius 2 is 1.69 bits per heavy atom. The van der Waals surface area contributed by atoms with E-state index in [9.17, 15) is 13.6 Å². The lowest BCUT2D eigenvalue weighted by atomic mass is 9.95. The number of hydrogen-bond donors (Lipinski definition) is 2. The third kappa shape index (κ3) is 7.30. The number of carbonyl (C=O) groups excluding carboxylic acids is 1. The second-order valence-electron chi connectivity index (χ2n) is 14.4. The molecule has 5 heterocycles. The van der Waals surface area contributed by atoms with Gasteiger partial charge in [-0.05, 0) is 105 Å². The van der Waals surface area contributed by atoms with Gasteiger partial charge >= 0.3 is 0 Å². The van der Waals surface area contributed by atoms with Crippen LogP contribution in [-0.2, 0) is 0 Å². The molecule has 0 bridgehead atoms. The quantitative estimate of drug-likeness (QED) is 0.179. The summed E-state index contributed by atoms with van der Waals surface area (Å²) in [6.07, 6.45) is 14.4. The van der Waals surface area contributed by atoms with Crippen LogP contribution in [0.2, 0.25) is 0 Å². The maximum atomic E-state index is 14.3. The van der Waals surface area contributed by atoms with E-state index < -0.39 is 29.3 Å². The van der Waals surface area contributed by atoms with Crippen LogP contribution in [0, 0.1) is 17.6 Å². The van der Waals surface area contributed by atoms with Crippen molar-refractivity contribution in [1.82, 2.24) is 19.8 Å². The topological polar surface area (TPSA) is 98.2 Å². The number of nitrogens with one attached hydrogen (secondary N) is 2. The number of nitrogens with zero attached hydrogens (tertiary/aromatic N) is 6. The van der Waals surface area contributed by atoms with Crippen molar-refractivity contribution < 1.29 is 18.3 Å². The smallest absolute Gasteiger partial charge is 0.255 e. The monoisotopic (exact) mass is 730 g/mol. The molecule has 54 heavy (non-hydrogen) atoms. The molecule has 2 N–H and O–H groups in total. The van der Waals surface area contributed by atoms with Crippen molar-refractivity contribution in [2.75, 3.05) is 48.8 Å². The minimum Gasteiger partial charge on any atom is -0.494 e. The lowest BCUT2D eigenvalue weighted by Crippen LogP contribution is -2.47. The zero-order chi connectivity index (χ0) is 37.2. The molecule has 278 valence electrons. The molecule has 0 aliphatic carbocycles. The molecule has 1 amide bonds. The molecule has 0 saturated carbocycles. The van der Waals surface area contributed by atoms with E-state index in [0.717, 1.165) is 66.8 Å². The zero-order valence-corrected chi connectivity index (χ0v) is 30.5. The molecule has 1 aromatic heterocycles. The van der Waals surface area contributed by atoms with E-state index >= 15 is 0 Å². The number of amidine groups is 1. The number of likely N-dealkylation sites (tertiary alicyclic amines) is 1. The number of rotatable bonds is 9. The van der Waals surface area contributed by atoms with Crippen molar-refractivity contribution in [2.45, 2.75) is 50.7 Å². The van der Waals surface area contributed by atoms with Gasteiger partial charge in [0.25, 0.3) is 5.91 Å². The zero-order valence-electron chi connectivity index (χ0n) is 30.5. The normalized spacial score (nSPS) is 20.5. The summed E-state index contributed by atoms with van der Waals surface area (Å²) in [5.41, 5.74) is 3.09. The number of ether oxygens (including phenoxy) is 1. The molecular weight excluding hydrogens is 687 g/mol. The van der Waals surface area contributed by atoms with E-state index in [2.05, 4.69) is 44.5 Å². The highest BCUT2D eigenvalue weighted by Crippen LogP contribution is 2.43. The van der Waals surface area contributed by atoms with Gasteiger partial charge in [0.15, 0.2) is 0 Å². The average molecular weight is 731 g/mol. The van der Waals surface area contributed by atoms with Crippen LogP contribution in [0.3, 0.4) is 0 Å². The van der Waals surface area contributed by atoms with Crippen molar-refractivity contribution in [1.29, 1.82) is 0 Å². The molecule has 8 rings (SSSR count). The van der Waals surface area contributed by atoms with Gasteiger partial charge in [0, 0.05) is 48.8 Å². The highest BCUT2D eigenvalue weighted by atomic mass is 19.1. The largest absolute Gasteiger partial charge is 0.494 e. The van der Waals surface area contributed by atoms with Crippen LogP contribution in [0.4, 0.5) is 31.8 Å². The first-order valence-electron chi connectivity index (χ1n) is 18.7. The van der Waals surface area contributed by atoms with Crippen LogP contribution in [0.1, 0.15) is 66.3 Å². The molecule has 2 unspecified atom stereocenters. The SMILES string of the molecule is COc1cc(N2CCC(N3CCC(C)CC3)CC2)ccc1Nc1nccc(C2C(c3cccc(C(=O)Nc4c(F)cccc4F)c3)N=C3C=CC=CN32)n1. The molecule has 3 aromatic carbocycles. The Hall–Kier alpha value is -5.62. The Morgan fingerprint density at radius 3 is 2.46 bits per heavy atom. The van der Waals surface area contributed by atoms with Crippen LogP contribution in [0.5, 0.6) is 5.75 Å². The number of aromatic nitrogens is 2. The van der Waals surface area contributed by atoms with Crippen molar-refractivity contribution in [3.63, 3.8) is 0 Å². The number of piperidine rings is 2. The molecular formula is C42H44F2N8O2. The number of para-hydroxylation sites is 1. The van der Waals surface area contributed by atoms with Gasteiger partial charge in [-0.2, -0.15) is 0 Å². The fourth-order valence-electron chi connectivity index (χ4n) is 7.97. The summed E-state index contributed by atoms with van der Waals surface area (Å²) < 4.78 is 34.5. The standard InChI is InChI=1S/C42H44F2N8O2/c1-27-15-21-50(22-16-27)30-17-23-51(24-18-30)31-12-13-34(36(26-31)54-2)46-42-45-19-14-35(47-42)40-38(48-37-11-3-4-20-52(37)40)28-7-5-8-29(25-28)41(53)49-39-32(43)9-6-10-33(39)44/h3-14,19-20,25-27,30,38,40H,15-18,21-24H2,1-2H3,(H,49,53)(H,45,46,47). The third-order valence-corrected chi connectivity index (χ3v) is 11.0. The summed E-state index contributed by atoms with van der Waals surface area (Å²) in [4.78, 5) is 34.9. The highest BCUT2D eigenvalue weighted by Gasteiger charge is 2.38. The fraction of sp³-hybridized carbons (Fsp3) is 0.333. The number of aliphatic imine (C=N–C) groups is 1. The van der Waals surface area contributed by atoms with Gasteiger partial charge in [-0.1, -0.05) is 31.2 Å². The Bertz CT molecular complexity index is 2090. The van der Waals surface area contributed by atoms with Crippen LogP contribution in [-0.4, -0.2) is 70.8 Å². The first-order chi connectivity index (χ1) is 26.3. The lowest BCUT2D eigenvalue weighted by molar-refractivity contribution is 0.102. The van der Waals surface area contributed by atoms with E-state index in [-0.39, 0.29) is 11.6 Å². The van der Waals surface area contributed by atoms with Crippen LogP contribution < -0.4 is 20.3 Å². The number of amides is 1. The van der Waals surface area contributed by atoms with Crippen molar-refractivity contribution >= 4 is 34.8 Å². The van der Waals surface area contributed by atoms with E-state index in [1.165, 1.54) is 32.0 Å². The maximum absolute atomic E-state index is 14.3. The van der Waals surface area contributed by atoms with Crippen molar-refractivity contribution in [3.05, 3.63) is 126 Å². The second-order valence-corrected chi connectivity index (χ2v) is 14.4. The summed E-state index contributed by atoms with van der Waals surface area (Å²) >= 11 is 0. The summed E-state index contributed by atoms with van der Waals surface area (Å²) in [5, 5.41) is 5.76. The van der Waals surface area contributed by atoms with Crippen LogP contribution in [0.15, 0.2) is 102 Å². The van der Waals surface area contributed by atoms with Crippen LogP contribution >= 0.6 is 0 Å². The van der Waals surface area contributed by atoms with E-state index in [1.54, 1.807) is 31.5 Å². The molecule has 12 heteroatoms. The molecule has 10 nitrogen and oxygen atoms in total. The summed E-state index contributed by atoms with van der Waals surface area (Å²) in [5.74, 6) is 0.357. The minimum atomic E-state index is -0.850. The first kappa shape index (κ1) is 35.4. The van der Waals surface area contributed by atoms with Gasteiger partial charge in [0.1, 0.15) is 41.0 Å². The summed E-state index contributed by atoms with van der Waals surface area (Å²) in [7, 11) is 1.67. The summed E-state index contributed by atoms with van der Waals surface area (Å²) in [6.45, 7) is 6.84. The van der Waals surface area contributed by atoms with Gasteiger partial charge in [-0.15, -0.1) is 0 Å². The third-order valence-electron chi connectivity index (χ3n) is 11.0. The predicted octanol–water partition coefficient (Wildman–Crippen LogP) is 8.04. The highest BCUT2D eigenvalue weighted by molar-refractivity contribution is 6.04. The molecule has 2 atom stereocenters. The number of anilines is 4. The number of hydrogen-bond acceptors (Lipinski definition) is 9. The van der Waals surface area contributed by atoms with Gasteiger partial charge in [-0.3, -0.25) is 9.79 Å². The number of methoxy groups -OCH3 is 1. The molecule has 4 aliphatic rings. The average Bonchev–Trinajstić information content (AvgIpc) is 3.60. The van der Waals surface area contributed by atoms with Crippen molar-refractivity contribution in [2.24, 2.45) is 10.9 Å². The first-order valence-corrected chi connectivity index (χ1v) is 18.7. The predicted molar refractivity (Wildman–Crippen MR) is 207 cm³/mol. The number of carbonyl (C=O) groups is 1. The number of halogens is 2. The maximum Gasteiger partial charge on any atom is 0.255 e. The molecule has 0 spiro atoms. The molecule has 2 saturated heterocycles. The number of allylic oxidation sites excluding steroid dienone is 2. The molecule has 0 radical (unpaired) electrons. The van der Waals surface area contributed by atoms with Gasteiger partial charge in [-0.25, -0.2) is 18.7 Å². The van der Waals surface area contributed by atoms with E-state index in [0.29, 0.717) is 23.4 Å². The number of fused-ring (bicyclic) bond motifs is 1. The Balaban J connectivity index is 0.998. The van der Waals surface area contributed by atoms with Crippen LogP contribution in [0.25, 0.3) is 0 Å². The van der Waals surface area contributed by atoms with Crippen molar-refractivity contribution in [3.8, 4) is 5.75 Å². The Kier molecular flexibility index (Phi) is 10.1. The fourth-order valence-corrected chi connectivity index (χ4v) is 7.97. The summed E-state index contributed by atoms with van der Waals surface area (Å²) in [6, 6.07) is 18.3. The van der Waals surface area contributed by atoms with Gasteiger partial charge < -0.3 is 30.1 Å².